The van der Waals surface area contributed by atoms with Crippen LogP contribution in [0.5, 0.6) is 0 Å². The first-order chi connectivity index (χ1) is 11.7. The summed E-state index contributed by atoms with van der Waals surface area (Å²) in [6, 6.07) is -0.266. The highest BCUT2D eigenvalue weighted by Crippen LogP contribution is 2.03. The second kappa shape index (κ2) is 19.0. The predicted molar refractivity (Wildman–Crippen MR) is 113 cm³/mol. The summed E-state index contributed by atoms with van der Waals surface area (Å²) in [5.74, 6) is 0.192. The second-order valence-electron chi connectivity index (χ2n) is 6.22. The first-order valence-corrected chi connectivity index (χ1v) is 9.37. The van der Waals surface area contributed by atoms with Crippen molar-refractivity contribution in [2.75, 3.05) is 45.9 Å². The molecule has 156 valence electrons. The Balaban J connectivity index is 0. The van der Waals surface area contributed by atoms with Crippen LogP contribution in [-0.4, -0.2) is 62.8 Å². The topological polar surface area (TPSA) is 92.0 Å². The van der Waals surface area contributed by atoms with Crippen molar-refractivity contribution >= 4 is 36.8 Å². The molecule has 1 rings (SSSR count). The van der Waals surface area contributed by atoms with Crippen LogP contribution in [0.25, 0.3) is 0 Å². The number of amides is 2. The van der Waals surface area contributed by atoms with Gasteiger partial charge in [0.25, 0.3) is 0 Å². The summed E-state index contributed by atoms with van der Waals surface area (Å²) >= 11 is 0. The van der Waals surface area contributed by atoms with Gasteiger partial charge in [0.05, 0.1) is 13.2 Å². The van der Waals surface area contributed by atoms with Gasteiger partial charge in [0, 0.05) is 32.7 Å². The Morgan fingerprint density at radius 3 is 2.42 bits per heavy atom. The monoisotopic (exact) mass is 413 g/mol. The molecule has 0 spiro atoms. The summed E-state index contributed by atoms with van der Waals surface area (Å²) in [5.41, 5.74) is 5.72. The zero-order valence-electron chi connectivity index (χ0n) is 16.0. The van der Waals surface area contributed by atoms with Crippen LogP contribution in [0.2, 0.25) is 0 Å². The molecule has 0 aliphatic carbocycles. The molecule has 0 radical (unpaired) electrons. The number of ether oxygens (including phenoxy) is 1. The minimum absolute atomic E-state index is 0. The van der Waals surface area contributed by atoms with Crippen molar-refractivity contribution in [1.82, 2.24) is 15.5 Å². The van der Waals surface area contributed by atoms with Crippen LogP contribution in [-0.2, 0) is 4.74 Å². The van der Waals surface area contributed by atoms with Crippen LogP contribution in [0.3, 0.4) is 0 Å². The summed E-state index contributed by atoms with van der Waals surface area (Å²) < 4.78 is 5.31. The first-order valence-electron chi connectivity index (χ1n) is 9.37. The summed E-state index contributed by atoms with van der Waals surface area (Å²) in [6.45, 7) is 8.10. The van der Waals surface area contributed by atoms with Gasteiger partial charge in [-0.3, -0.25) is 15.2 Å². The summed E-state index contributed by atoms with van der Waals surface area (Å²) in [4.78, 5) is 18.2. The van der Waals surface area contributed by atoms with Gasteiger partial charge in [-0.05, 0) is 12.8 Å². The molecule has 26 heavy (non-hydrogen) atoms. The van der Waals surface area contributed by atoms with Crippen molar-refractivity contribution in [3.63, 3.8) is 0 Å². The number of rotatable bonds is 11. The van der Waals surface area contributed by atoms with Gasteiger partial charge in [-0.1, -0.05) is 39.0 Å². The third-order valence-corrected chi connectivity index (χ3v) is 4.08. The lowest BCUT2D eigenvalue weighted by atomic mass is 10.1. The highest BCUT2D eigenvalue weighted by molar-refractivity contribution is 5.95. The van der Waals surface area contributed by atoms with E-state index in [1.165, 1.54) is 25.7 Å². The maximum Gasteiger partial charge on any atom is 0.321 e. The fourth-order valence-electron chi connectivity index (χ4n) is 2.63. The molecule has 0 aromatic carbocycles. The van der Waals surface area contributed by atoms with Crippen LogP contribution in [0, 0.1) is 0 Å². The molecule has 0 saturated carbocycles. The van der Waals surface area contributed by atoms with Gasteiger partial charge in [-0.15, -0.1) is 24.8 Å². The number of carbonyl (C=O) groups excluding carboxylic acids is 1. The van der Waals surface area contributed by atoms with Crippen LogP contribution >= 0.6 is 24.8 Å². The molecule has 0 unspecified atom stereocenters. The molecule has 0 aromatic rings. The number of morpholine rings is 1. The Hall–Kier alpha value is -0.760. The number of guanidine groups is 1. The quantitative estimate of drug-likeness (QED) is 0.275. The van der Waals surface area contributed by atoms with E-state index in [9.17, 15) is 4.79 Å². The van der Waals surface area contributed by atoms with Crippen molar-refractivity contribution in [2.24, 2.45) is 10.7 Å². The lowest BCUT2D eigenvalue weighted by Gasteiger charge is -2.26. The summed E-state index contributed by atoms with van der Waals surface area (Å²) in [5, 5.41) is 5.39. The molecule has 4 N–H and O–H groups in total. The maximum absolute atomic E-state index is 11.7. The molecule has 1 fully saturated rings. The van der Waals surface area contributed by atoms with E-state index >= 15 is 0 Å². The van der Waals surface area contributed by atoms with Crippen molar-refractivity contribution in [1.29, 1.82) is 0 Å². The highest BCUT2D eigenvalue weighted by Gasteiger charge is 2.09. The van der Waals surface area contributed by atoms with Crippen molar-refractivity contribution in [3.8, 4) is 0 Å². The number of aliphatic imine (C=N–C) groups is 1. The first kappa shape index (κ1) is 27.5. The standard InChI is InChI=1S/C17H35N5O2.2ClH/c1-2-3-4-5-6-7-9-20-17(23)21-16(18)19-10-8-11-22-12-14-24-15-13-22;;/h2-15H2,1H3,(H4,18,19,20,21,23);2*1H. The molecule has 0 bridgehead atoms. The predicted octanol–water partition coefficient (Wildman–Crippen LogP) is 2.53. The molecule has 1 aliphatic rings. The average molecular weight is 414 g/mol. The van der Waals surface area contributed by atoms with E-state index in [4.69, 9.17) is 10.5 Å². The van der Waals surface area contributed by atoms with Crippen LogP contribution < -0.4 is 16.4 Å². The van der Waals surface area contributed by atoms with Crippen molar-refractivity contribution in [3.05, 3.63) is 0 Å². The Labute approximate surface area is 170 Å². The molecular weight excluding hydrogens is 377 g/mol. The van der Waals surface area contributed by atoms with Crippen molar-refractivity contribution in [2.45, 2.75) is 51.9 Å². The van der Waals surface area contributed by atoms with Gasteiger partial charge in [-0.2, -0.15) is 0 Å². The summed E-state index contributed by atoms with van der Waals surface area (Å²) in [7, 11) is 0. The normalized spacial score (nSPS) is 14.9. The number of hydrogen-bond donors (Lipinski definition) is 3. The van der Waals surface area contributed by atoms with E-state index in [0.29, 0.717) is 13.1 Å². The molecule has 2 amide bonds. The zero-order valence-corrected chi connectivity index (χ0v) is 17.6. The van der Waals surface area contributed by atoms with Gasteiger partial charge in [0.1, 0.15) is 0 Å². The molecule has 1 saturated heterocycles. The van der Waals surface area contributed by atoms with Crippen LogP contribution in [0.4, 0.5) is 4.79 Å². The van der Waals surface area contributed by atoms with E-state index in [1.807, 2.05) is 0 Å². The van der Waals surface area contributed by atoms with Crippen molar-refractivity contribution < 1.29 is 9.53 Å². The van der Waals surface area contributed by atoms with Gasteiger partial charge in [0.2, 0.25) is 0 Å². The third-order valence-electron chi connectivity index (χ3n) is 4.08. The number of urea groups is 1. The number of carbonyl (C=O) groups is 1. The lowest BCUT2D eigenvalue weighted by molar-refractivity contribution is 0.0377. The zero-order chi connectivity index (χ0) is 17.5. The second-order valence-corrected chi connectivity index (χ2v) is 6.22. The number of unbranched alkanes of at least 4 members (excludes halogenated alkanes) is 5. The van der Waals surface area contributed by atoms with E-state index in [0.717, 1.165) is 52.1 Å². The van der Waals surface area contributed by atoms with E-state index in [2.05, 4.69) is 27.4 Å². The van der Waals surface area contributed by atoms with Crippen LogP contribution in [0.1, 0.15) is 51.9 Å². The lowest BCUT2D eigenvalue weighted by Crippen LogP contribution is -2.43. The highest BCUT2D eigenvalue weighted by atomic mass is 35.5. The maximum atomic E-state index is 11.7. The molecule has 1 heterocycles. The fraction of sp³-hybridized carbons (Fsp3) is 0.882. The molecule has 0 aromatic heterocycles. The van der Waals surface area contributed by atoms with Crippen LogP contribution in [0.15, 0.2) is 4.99 Å². The van der Waals surface area contributed by atoms with Gasteiger partial charge < -0.3 is 15.8 Å². The number of nitrogens with one attached hydrogen (secondary N) is 2. The number of nitrogens with two attached hydrogens (primary N) is 1. The SMILES string of the molecule is CCCCCCCCNC(=O)NC(N)=NCCCN1CCOCC1.Cl.Cl. The Morgan fingerprint density at radius 1 is 1.08 bits per heavy atom. The fourth-order valence-corrected chi connectivity index (χ4v) is 2.63. The number of nitrogens with zero attached hydrogens (tertiary/aromatic N) is 2. The molecular formula is C17H37Cl2N5O2. The van der Waals surface area contributed by atoms with Gasteiger partial charge >= 0.3 is 6.03 Å². The van der Waals surface area contributed by atoms with E-state index in [1.54, 1.807) is 0 Å². The Kier molecular flexibility index (Phi) is 20.1. The van der Waals surface area contributed by atoms with E-state index in [-0.39, 0.29) is 36.8 Å². The Bertz CT molecular complexity index is 367. The third kappa shape index (κ3) is 15.5. The molecule has 0 atom stereocenters. The largest absolute Gasteiger partial charge is 0.379 e. The molecule has 7 nitrogen and oxygen atoms in total. The minimum atomic E-state index is -0.266. The smallest absolute Gasteiger partial charge is 0.321 e. The van der Waals surface area contributed by atoms with Gasteiger partial charge in [0.15, 0.2) is 5.96 Å². The summed E-state index contributed by atoms with van der Waals surface area (Å²) in [6.07, 6.45) is 8.18. The number of halogens is 2. The minimum Gasteiger partial charge on any atom is -0.379 e. The van der Waals surface area contributed by atoms with Gasteiger partial charge in [-0.25, -0.2) is 4.79 Å². The number of hydrogen-bond acceptors (Lipinski definition) is 4. The van der Waals surface area contributed by atoms with E-state index < -0.39 is 0 Å². The molecule has 9 heteroatoms. The Morgan fingerprint density at radius 2 is 1.73 bits per heavy atom. The molecule has 1 aliphatic heterocycles. The average Bonchev–Trinajstić information content (AvgIpc) is 2.59.